The fourth-order valence-electron chi connectivity index (χ4n) is 2.17. The third-order valence-electron chi connectivity index (χ3n) is 3.25. The summed E-state index contributed by atoms with van der Waals surface area (Å²) in [5.41, 5.74) is 0. The SMILES string of the molecule is O=C(NCC1CC(O)C1)C1CCCCO1. The average Bonchev–Trinajstić information content (AvgIpc) is 2.23. The zero-order valence-corrected chi connectivity index (χ0v) is 8.95. The first-order valence-electron chi connectivity index (χ1n) is 5.83. The molecular formula is C11H19NO3. The number of hydrogen-bond acceptors (Lipinski definition) is 3. The molecule has 2 rings (SSSR count). The standard InChI is InChI=1S/C11H19NO3/c13-9-5-8(6-9)7-12-11(14)10-3-1-2-4-15-10/h8-10,13H,1-7H2,(H,12,14). The number of nitrogens with one attached hydrogen (secondary N) is 1. The van der Waals surface area contributed by atoms with Crippen LogP contribution in [0.2, 0.25) is 0 Å². The Bertz CT molecular complexity index is 220. The molecule has 0 bridgehead atoms. The molecule has 1 amide bonds. The molecule has 1 saturated heterocycles. The number of aliphatic hydroxyl groups excluding tert-OH is 1. The Hall–Kier alpha value is -0.610. The molecule has 1 aliphatic heterocycles. The van der Waals surface area contributed by atoms with Crippen molar-refractivity contribution in [1.82, 2.24) is 5.32 Å². The minimum atomic E-state index is -0.233. The number of carbonyl (C=O) groups is 1. The van der Waals surface area contributed by atoms with Crippen LogP contribution in [0.15, 0.2) is 0 Å². The Labute approximate surface area is 90.0 Å². The largest absolute Gasteiger partial charge is 0.393 e. The normalized spacial score (nSPS) is 35.7. The van der Waals surface area contributed by atoms with Crippen LogP contribution in [0.4, 0.5) is 0 Å². The number of rotatable bonds is 3. The lowest BCUT2D eigenvalue weighted by Gasteiger charge is -2.32. The average molecular weight is 213 g/mol. The van der Waals surface area contributed by atoms with E-state index in [1.165, 1.54) is 0 Å². The van der Waals surface area contributed by atoms with E-state index in [9.17, 15) is 4.79 Å². The third-order valence-corrected chi connectivity index (χ3v) is 3.25. The van der Waals surface area contributed by atoms with Crippen LogP contribution >= 0.6 is 0 Å². The summed E-state index contributed by atoms with van der Waals surface area (Å²) in [7, 11) is 0. The minimum absolute atomic E-state index is 0.0242. The van der Waals surface area contributed by atoms with Gasteiger partial charge in [0.2, 0.25) is 5.91 Å². The Morgan fingerprint density at radius 3 is 2.80 bits per heavy atom. The van der Waals surface area contributed by atoms with Gasteiger partial charge in [-0.15, -0.1) is 0 Å². The second-order valence-corrected chi connectivity index (χ2v) is 4.59. The van der Waals surface area contributed by atoms with Gasteiger partial charge >= 0.3 is 0 Å². The minimum Gasteiger partial charge on any atom is -0.393 e. The summed E-state index contributed by atoms with van der Waals surface area (Å²) in [6.07, 6.45) is 4.27. The second-order valence-electron chi connectivity index (χ2n) is 4.59. The molecule has 1 aliphatic carbocycles. The third kappa shape index (κ3) is 2.92. The lowest BCUT2D eigenvalue weighted by atomic mass is 9.82. The molecule has 2 fully saturated rings. The lowest BCUT2D eigenvalue weighted by molar-refractivity contribution is -0.136. The molecule has 15 heavy (non-hydrogen) atoms. The van der Waals surface area contributed by atoms with Gasteiger partial charge in [-0.25, -0.2) is 0 Å². The van der Waals surface area contributed by atoms with Crippen molar-refractivity contribution < 1.29 is 14.6 Å². The topological polar surface area (TPSA) is 58.6 Å². The highest BCUT2D eigenvalue weighted by Crippen LogP contribution is 2.26. The zero-order chi connectivity index (χ0) is 10.7. The predicted molar refractivity (Wildman–Crippen MR) is 55.3 cm³/mol. The molecule has 0 aromatic rings. The van der Waals surface area contributed by atoms with E-state index in [1.807, 2.05) is 0 Å². The lowest BCUT2D eigenvalue weighted by Crippen LogP contribution is -2.43. The number of hydrogen-bond donors (Lipinski definition) is 2. The summed E-state index contributed by atoms with van der Waals surface area (Å²) in [5, 5.41) is 12.0. The molecule has 4 nitrogen and oxygen atoms in total. The highest BCUT2D eigenvalue weighted by Gasteiger charge is 2.28. The molecule has 0 aromatic heterocycles. The molecule has 86 valence electrons. The van der Waals surface area contributed by atoms with E-state index >= 15 is 0 Å². The maximum atomic E-state index is 11.6. The highest BCUT2D eigenvalue weighted by molar-refractivity contribution is 5.80. The van der Waals surface area contributed by atoms with E-state index < -0.39 is 0 Å². The van der Waals surface area contributed by atoms with Crippen LogP contribution in [-0.4, -0.2) is 36.4 Å². The van der Waals surface area contributed by atoms with Crippen LogP contribution in [0.1, 0.15) is 32.1 Å². The van der Waals surface area contributed by atoms with E-state index in [-0.39, 0.29) is 18.1 Å². The molecule has 2 aliphatic rings. The van der Waals surface area contributed by atoms with Crippen molar-refractivity contribution in [1.29, 1.82) is 0 Å². The zero-order valence-electron chi connectivity index (χ0n) is 8.95. The number of ether oxygens (including phenoxy) is 1. The van der Waals surface area contributed by atoms with Gasteiger partial charge in [0, 0.05) is 13.2 Å². The summed E-state index contributed by atoms with van der Waals surface area (Å²) >= 11 is 0. The monoisotopic (exact) mass is 213 g/mol. The molecule has 0 radical (unpaired) electrons. The molecule has 0 spiro atoms. The molecule has 2 N–H and O–H groups in total. The Kier molecular flexibility index (Phi) is 3.59. The number of carbonyl (C=O) groups excluding carboxylic acids is 1. The van der Waals surface area contributed by atoms with Gasteiger partial charge in [0.05, 0.1) is 6.10 Å². The first kappa shape index (κ1) is 10.9. The molecule has 0 aromatic carbocycles. The summed E-state index contributed by atoms with van der Waals surface area (Å²) in [5.74, 6) is 0.489. The van der Waals surface area contributed by atoms with Crippen LogP contribution in [0.25, 0.3) is 0 Å². The van der Waals surface area contributed by atoms with Crippen molar-refractivity contribution in [3.63, 3.8) is 0 Å². The number of amides is 1. The van der Waals surface area contributed by atoms with Crippen LogP contribution < -0.4 is 5.32 Å². The first-order valence-corrected chi connectivity index (χ1v) is 5.83. The van der Waals surface area contributed by atoms with Gasteiger partial charge in [-0.3, -0.25) is 4.79 Å². The van der Waals surface area contributed by atoms with Crippen LogP contribution in [0, 0.1) is 5.92 Å². The van der Waals surface area contributed by atoms with Gasteiger partial charge < -0.3 is 15.2 Å². The van der Waals surface area contributed by atoms with E-state index in [1.54, 1.807) is 0 Å². The molecule has 1 saturated carbocycles. The summed E-state index contributed by atoms with van der Waals surface area (Å²) < 4.78 is 5.38. The molecule has 1 unspecified atom stereocenters. The number of aliphatic hydroxyl groups is 1. The van der Waals surface area contributed by atoms with Gasteiger partial charge in [-0.05, 0) is 38.0 Å². The van der Waals surface area contributed by atoms with E-state index in [2.05, 4.69) is 5.32 Å². The Morgan fingerprint density at radius 2 is 2.20 bits per heavy atom. The maximum absolute atomic E-state index is 11.6. The van der Waals surface area contributed by atoms with Gasteiger partial charge in [-0.1, -0.05) is 0 Å². The van der Waals surface area contributed by atoms with Gasteiger partial charge in [0.1, 0.15) is 6.10 Å². The van der Waals surface area contributed by atoms with E-state index in [0.29, 0.717) is 19.1 Å². The Morgan fingerprint density at radius 1 is 1.40 bits per heavy atom. The summed E-state index contributed by atoms with van der Waals surface area (Å²) in [6.45, 7) is 1.40. The van der Waals surface area contributed by atoms with Crippen molar-refractivity contribution in [2.24, 2.45) is 5.92 Å². The smallest absolute Gasteiger partial charge is 0.249 e. The van der Waals surface area contributed by atoms with Crippen molar-refractivity contribution >= 4 is 5.91 Å². The summed E-state index contributed by atoms with van der Waals surface area (Å²) in [4.78, 5) is 11.6. The van der Waals surface area contributed by atoms with Crippen molar-refractivity contribution in [3.05, 3.63) is 0 Å². The fraction of sp³-hybridized carbons (Fsp3) is 0.909. The fourth-order valence-corrected chi connectivity index (χ4v) is 2.17. The summed E-state index contributed by atoms with van der Waals surface area (Å²) in [6, 6.07) is 0. The van der Waals surface area contributed by atoms with Crippen molar-refractivity contribution in [3.8, 4) is 0 Å². The molecule has 1 atom stereocenters. The van der Waals surface area contributed by atoms with Gasteiger partial charge in [-0.2, -0.15) is 0 Å². The van der Waals surface area contributed by atoms with E-state index in [4.69, 9.17) is 9.84 Å². The maximum Gasteiger partial charge on any atom is 0.249 e. The molecular weight excluding hydrogens is 194 g/mol. The van der Waals surface area contributed by atoms with Gasteiger partial charge in [0.15, 0.2) is 0 Å². The predicted octanol–water partition coefficient (Wildman–Crippen LogP) is 0.443. The molecule has 1 heterocycles. The second kappa shape index (κ2) is 4.94. The van der Waals surface area contributed by atoms with Crippen LogP contribution in [-0.2, 0) is 9.53 Å². The molecule has 4 heteroatoms. The van der Waals surface area contributed by atoms with Crippen molar-refractivity contribution in [2.45, 2.75) is 44.3 Å². The van der Waals surface area contributed by atoms with Gasteiger partial charge in [0.25, 0.3) is 0 Å². The first-order chi connectivity index (χ1) is 7.25. The van der Waals surface area contributed by atoms with Crippen LogP contribution in [0.3, 0.4) is 0 Å². The van der Waals surface area contributed by atoms with Crippen molar-refractivity contribution in [2.75, 3.05) is 13.2 Å². The Balaban J connectivity index is 1.63. The quantitative estimate of drug-likeness (QED) is 0.715. The van der Waals surface area contributed by atoms with Crippen LogP contribution in [0.5, 0.6) is 0 Å². The highest BCUT2D eigenvalue weighted by atomic mass is 16.5. The van der Waals surface area contributed by atoms with E-state index in [0.717, 1.165) is 32.1 Å².